The van der Waals surface area contributed by atoms with Gasteiger partial charge in [0.1, 0.15) is 0 Å². The third kappa shape index (κ3) is 22.5. The Morgan fingerprint density at radius 3 is 1.36 bits per heavy atom. The van der Waals surface area contributed by atoms with E-state index in [0.29, 0.717) is 40.7 Å². The molecule has 0 aromatic heterocycles. The Hall–Kier alpha value is -4.60. The molecule has 47 heavy (non-hydrogen) atoms. The highest BCUT2D eigenvalue weighted by Gasteiger charge is 1.99. The van der Waals surface area contributed by atoms with Gasteiger partial charge in [-0.15, -0.1) is 24.0 Å². The van der Waals surface area contributed by atoms with Crippen LogP contribution in [-0.4, -0.2) is 54.5 Å². The first-order valence-corrected chi connectivity index (χ1v) is 15.0. The minimum absolute atomic E-state index is 0. The molecule has 12 nitrogen and oxygen atoms in total. The van der Waals surface area contributed by atoms with Gasteiger partial charge in [-0.2, -0.15) is 20.0 Å². The highest BCUT2D eigenvalue weighted by atomic mass is 127. The number of rotatable bonds is 13. The molecule has 0 unspecified atom stereocenters. The largest absolute Gasteiger partial charge is 0.240 e. The lowest BCUT2D eigenvalue weighted by Crippen LogP contribution is -1.86. The van der Waals surface area contributed by atoms with E-state index in [2.05, 4.69) is 30.0 Å². The molecular weight excluding hydrogens is 830 g/mol. The van der Waals surface area contributed by atoms with Crippen LogP contribution in [0, 0.1) is 6.92 Å². The summed E-state index contributed by atoms with van der Waals surface area (Å²) in [6.07, 6.45) is 13.4. The predicted octanol–water partition coefficient (Wildman–Crippen LogP) is 8.28. The van der Waals surface area contributed by atoms with Gasteiger partial charge in [0.15, 0.2) is 0 Å². The van der Waals surface area contributed by atoms with E-state index in [9.17, 15) is 28.8 Å². The highest BCUT2D eigenvalue weighted by Crippen LogP contribution is 2.24. The first kappa shape index (κ1) is 42.4. The second-order valence-corrected chi connectivity index (χ2v) is 8.65. The summed E-state index contributed by atoms with van der Waals surface area (Å²) in [5.41, 5.74) is 5.12. The molecule has 0 aliphatic heterocycles. The lowest BCUT2D eigenvalue weighted by atomic mass is 10.0. The number of isocyanates is 6. The fourth-order valence-corrected chi connectivity index (χ4v) is 3.43. The first-order chi connectivity index (χ1) is 22.9. The zero-order valence-electron chi connectivity index (χ0n) is 26.4. The summed E-state index contributed by atoms with van der Waals surface area (Å²) < 4.78 is 6.20. The summed E-state index contributed by atoms with van der Waals surface area (Å²) in [6, 6.07) is 19.6. The van der Waals surface area contributed by atoms with Gasteiger partial charge in [0, 0.05) is 2.80 Å². The van der Waals surface area contributed by atoms with E-state index >= 15 is 0 Å². The lowest BCUT2D eigenvalue weighted by molar-refractivity contribution is 0.558. The Balaban J connectivity index is -0.000000630. The van der Waals surface area contributed by atoms with Crippen molar-refractivity contribution >= 4 is 106 Å². The molecule has 0 saturated carbocycles. The molecule has 3 rings (SSSR count). The van der Waals surface area contributed by atoms with Crippen LogP contribution in [0.25, 0.3) is 0 Å². The molecule has 3 aromatic carbocycles. The third-order valence-corrected chi connectivity index (χ3v) is 5.58. The van der Waals surface area contributed by atoms with Crippen molar-refractivity contribution in [3.63, 3.8) is 0 Å². The molecule has 14 heteroatoms. The van der Waals surface area contributed by atoms with Crippen LogP contribution >= 0.6 is 46.6 Å². The van der Waals surface area contributed by atoms with Crippen LogP contribution < -0.4 is 0 Å². The van der Waals surface area contributed by atoms with Gasteiger partial charge < -0.3 is 0 Å². The Kier molecular flexibility index (Phi) is 28.3. The van der Waals surface area contributed by atoms with Crippen molar-refractivity contribution in [2.75, 3.05) is 18.0 Å². The molecule has 0 fully saturated rings. The standard InChI is InChI=1S/C15H10N2O2.C9H6N2O2.C8H12N2O2.CH3I.HI.H2/c18-10-16-14-5-1-12(2-6-14)9-13-3-7-15(8-4-13)17-11-19;1-7-2-3-8(10-5-12)4-9(7)11-6-13;11-7-9-5-3-1-2-4-6-10-8-12;1-2;;/h1-8H,9H2;2-4H,1H3;1-6H2;1H3;2*1H/i;;;1D;;. The SMILES string of the molecule is Cc1ccc(N=C=O)cc1N=C=O.I.O=C=NCCCCCCN=C=O.O=C=Nc1ccc(Cc2ccc(N=C=O)cc2)cc1.[2H]CI.[HH]. The van der Waals surface area contributed by atoms with Crippen LogP contribution in [0.1, 0.15) is 45.2 Å². The summed E-state index contributed by atoms with van der Waals surface area (Å²) >= 11 is 1.96. The number of carbonyl (C=O) groups excluding carboxylic acids is 6. The van der Waals surface area contributed by atoms with Crippen molar-refractivity contribution in [2.45, 2.75) is 39.0 Å². The topological polar surface area (TPSA) is 177 Å². The molecule has 3 aromatic rings. The minimum Gasteiger partial charge on any atom is -0.211 e. The Morgan fingerprint density at radius 2 is 0.979 bits per heavy atom. The second kappa shape index (κ2) is 31.4. The summed E-state index contributed by atoms with van der Waals surface area (Å²) in [7, 11) is 0. The molecule has 246 valence electrons. The average Bonchev–Trinajstić information content (AvgIpc) is 3.07. The van der Waals surface area contributed by atoms with Gasteiger partial charge in [0.2, 0.25) is 36.5 Å². The summed E-state index contributed by atoms with van der Waals surface area (Å²) in [5, 5.41) is 0. The average molecular weight is 865 g/mol. The molecule has 0 radical (unpaired) electrons. The number of aryl methyl sites for hydroxylation is 1. The van der Waals surface area contributed by atoms with Gasteiger partial charge >= 0.3 is 0 Å². The quantitative estimate of drug-likeness (QED) is 0.0549. The first-order valence-electron chi connectivity index (χ1n) is 14.2. The van der Waals surface area contributed by atoms with E-state index < -0.39 is 0 Å². The molecular formula is C33H34I2N6O6. The van der Waals surface area contributed by atoms with Crippen molar-refractivity contribution in [3.8, 4) is 0 Å². The van der Waals surface area contributed by atoms with E-state index in [1.54, 1.807) is 43.3 Å². The number of alkyl halides is 1. The van der Waals surface area contributed by atoms with Crippen LogP contribution in [0.15, 0.2) is 96.7 Å². The van der Waals surface area contributed by atoms with E-state index in [-0.39, 0.29) is 25.4 Å². The van der Waals surface area contributed by atoms with E-state index in [1.165, 1.54) is 42.5 Å². The molecule has 0 bridgehead atoms. The van der Waals surface area contributed by atoms with Gasteiger partial charge in [0.05, 0.1) is 35.8 Å². The number of halogens is 2. The molecule has 0 saturated heterocycles. The van der Waals surface area contributed by atoms with Crippen molar-refractivity contribution < 1.29 is 31.6 Å². The van der Waals surface area contributed by atoms with Crippen molar-refractivity contribution in [1.82, 2.24) is 0 Å². The Morgan fingerprint density at radius 1 is 0.596 bits per heavy atom. The molecule has 0 aliphatic rings. The Bertz CT molecular complexity index is 1580. The molecule has 0 amide bonds. The number of aliphatic imine (C=N–C) groups is 6. The minimum atomic E-state index is 0. The van der Waals surface area contributed by atoms with Gasteiger partial charge in [0.25, 0.3) is 0 Å². The van der Waals surface area contributed by atoms with Crippen LogP contribution in [0.4, 0.5) is 22.7 Å². The van der Waals surface area contributed by atoms with Crippen LogP contribution in [0.2, 0.25) is 0 Å². The number of hydrogen-bond acceptors (Lipinski definition) is 12. The molecule has 0 spiro atoms. The summed E-state index contributed by atoms with van der Waals surface area (Å²) in [4.78, 5) is 80.6. The molecule has 0 heterocycles. The van der Waals surface area contributed by atoms with Gasteiger partial charge in [-0.25, -0.2) is 38.8 Å². The van der Waals surface area contributed by atoms with Gasteiger partial charge in [-0.05, 0) is 84.2 Å². The van der Waals surface area contributed by atoms with Crippen LogP contribution in [-0.2, 0) is 35.2 Å². The zero-order chi connectivity index (χ0) is 35.0. The molecule has 0 atom stereocenters. The smallest absolute Gasteiger partial charge is 0.211 e. The normalized spacial score (nSPS) is 8.60. The van der Waals surface area contributed by atoms with Crippen molar-refractivity contribution in [2.24, 2.45) is 30.0 Å². The van der Waals surface area contributed by atoms with E-state index in [4.69, 9.17) is 1.37 Å². The maximum Gasteiger partial charge on any atom is 0.240 e. The fraction of sp³-hybridized carbons (Fsp3) is 0.273. The number of benzene rings is 3. The highest BCUT2D eigenvalue weighted by molar-refractivity contribution is 14.1. The van der Waals surface area contributed by atoms with Gasteiger partial charge in [-0.3, -0.25) is 0 Å². The van der Waals surface area contributed by atoms with E-state index in [0.717, 1.165) is 48.8 Å². The number of unbranched alkanes of at least 4 members (excludes halogenated alkanes) is 3. The summed E-state index contributed by atoms with van der Waals surface area (Å²) in [5.74, 6) is 0. The maximum atomic E-state index is 10.1. The van der Waals surface area contributed by atoms with E-state index in [1.807, 2.05) is 46.9 Å². The molecule has 0 aliphatic carbocycles. The summed E-state index contributed by atoms with van der Waals surface area (Å²) in [6.45, 7) is 2.91. The van der Waals surface area contributed by atoms with Crippen molar-refractivity contribution in [1.29, 1.82) is 0 Å². The second-order valence-electron chi connectivity index (χ2n) is 8.65. The van der Waals surface area contributed by atoms with Crippen LogP contribution in [0.3, 0.4) is 0 Å². The number of nitrogens with zero attached hydrogens (tertiary/aromatic N) is 6. The zero-order valence-corrected chi connectivity index (χ0v) is 29.9. The third-order valence-electron chi connectivity index (χ3n) is 5.58. The van der Waals surface area contributed by atoms with Crippen LogP contribution in [0.5, 0.6) is 0 Å². The lowest BCUT2D eigenvalue weighted by Gasteiger charge is -2.02. The maximum absolute atomic E-state index is 10.1. The monoisotopic (exact) mass is 865 g/mol. The Labute approximate surface area is 306 Å². The predicted molar refractivity (Wildman–Crippen MR) is 200 cm³/mol. The number of hydrogen-bond donors (Lipinski definition) is 0. The van der Waals surface area contributed by atoms with Crippen molar-refractivity contribution in [3.05, 3.63) is 83.4 Å². The van der Waals surface area contributed by atoms with Gasteiger partial charge in [-0.1, -0.05) is 65.8 Å². The fourth-order valence-electron chi connectivity index (χ4n) is 3.43. The molecule has 0 N–H and O–H groups in total.